The Bertz CT molecular complexity index is 390. The topological polar surface area (TPSA) is 66.9 Å². The van der Waals surface area contributed by atoms with E-state index >= 15 is 0 Å². The second-order valence-corrected chi connectivity index (χ2v) is 5.03. The van der Waals surface area contributed by atoms with Crippen LogP contribution in [0.1, 0.15) is 44.6 Å². The van der Waals surface area contributed by atoms with Crippen LogP contribution in [-0.4, -0.2) is 28.5 Å². The molecule has 0 fully saturated rings. The number of hydrogen-bond donors (Lipinski definition) is 2. The Morgan fingerprint density at radius 2 is 2.00 bits per heavy atom. The molecule has 0 aliphatic rings. The first-order valence-electron chi connectivity index (χ1n) is 6.35. The molecule has 1 aromatic rings. The lowest BCUT2D eigenvalue weighted by atomic mass is 10.1. The summed E-state index contributed by atoms with van der Waals surface area (Å²) in [5.74, 6) is 1.17. The van der Waals surface area contributed by atoms with E-state index < -0.39 is 0 Å². The lowest BCUT2D eigenvalue weighted by molar-refractivity contribution is 0.0938. The van der Waals surface area contributed by atoms with E-state index in [0.717, 1.165) is 13.0 Å². The summed E-state index contributed by atoms with van der Waals surface area (Å²) in [6.45, 7) is 9.02. The van der Waals surface area contributed by atoms with Crippen molar-refractivity contribution >= 4 is 11.7 Å². The van der Waals surface area contributed by atoms with E-state index in [2.05, 4.69) is 34.4 Å². The Morgan fingerprint density at radius 3 is 2.61 bits per heavy atom. The van der Waals surface area contributed by atoms with Crippen LogP contribution in [0.3, 0.4) is 0 Å². The van der Waals surface area contributed by atoms with Gasteiger partial charge >= 0.3 is 0 Å². The summed E-state index contributed by atoms with van der Waals surface area (Å²) in [6, 6.07) is 1.78. The highest BCUT2D eigenvalue weighted by Gasteiger charge is 2.09. The van der Waals surface area contributed by atoms with Crippen LogP contribution in [0.25, 0.3) is 0 Å². The molecule has 0 aliphatic carbocycles. The number of carbonyl (C=O) groups is 1. The average Bonchev–Trinajstić information content (AvgIpc) is 2.28. The van der Waals surface area contributed by atoms with E-state index in [4.69, 9.17) is 0 Å². The van der Waals surface area contributed by atoms with Crippen LogP contribution >= 0.6 is 0 Å². The molecule has 1 aromatic heterocycles. The zero-order chi connectivity index (χ0) is 13.5. The van der Waals surface area contributed by atoms with Crippen molar-refractivity contribution in [1.29, 1.82) is 0 Å². The largest absolute Gasteiger partial charge is 0.370 e. The van der Waals surface area contributed by atoms with Gasteiger partial charge in [-0.25, -0.2) is 9.97 Å². The van der Waals surface area contributed by atoms with E-state index in [9.17, 15) is 4.79 Å². The lowest BCUT2D eigenvalue weighted by Gasteiger charge is -2.10. The molecular weight excluding hydrogens is 228 g/mol. The van der Waals surface area contributed by atoms with E-state index in [1.54, 1.807) is 6.07 Å². The number of nitrogens with one attached hydrogen (secondary N) is 2. The second kappa shape index (κ2) is 6.93. The van der Waals surface area contributed by atoms with E-state index in [-0.39, 0.29) is 11.9 Å². The van der Waals surface area contributed by atoms with Crippen LogP contribution in [0.4, 0.5) is 5.82 Å². The van der Waals surface area contributed by atoms with Gasteiger partial charge in [-0.15, -0.1) is 0 Å². The summed E-state index contributed by atoms with van der Waals surface area (Å²) in [4.78, 5) is 19.8. The molecular formula is C13H22N4O. The molecule has 18 heavy (non-hydrogen) atoms. The van der Waals surface area contributed by atoms with Gasteiger partial charge in [0, 0.05) is 18.7 Å². The van der Waals surface area contributed by atoms with Crippen LogP contribution in [-0.2, 0) is 0 Å². The minimum Gasteiger partial charge on any atom is -0.370 e. The molecule has 0 unspecified atom stereocenters. The minimum atomic E-state index is -0.167. The minimum absolute atomic E-state index is 0.102. The summed E-state index contributed by atoms with van der Waals surface area (Å²) in [7, 11) is 0. The first kappa shape index (κ1) is 14.4. The number of nitrogens with zero attached hydrogens (tertiary/aromatic N) is 2. The van der Waals surface area contributed by atoms with Gasteiger partial charge in [0.25, 0.3) is 5.91 Å². The summed E-state index contributed by atoms with van der Waals surface area (Å²) in [6.07, 6.45) is 2.48. The maximum atomic E-state index is 11.8. The Labute approximate surface area is 108 Å². The Balaban J connectivity index is 2.59. The first-order chi connectivity index (χ1) is 8.49. The molecule has 1 heterocycles. The number of aromatic nitrogens is 2. The highest BCUT2D eigenvalue weighted by molar-refractivity contribution is 5.92. The molecule has 0 saturated carbocycles. The van der Waals surface area contributed by atoms with Crippen molar-refractivity contribution in [3.8, 4) is 0 Å². The molecule has 5 heteroatoms. The van der Waals surface area contributed by atoms with Gasteiger partial charge in [-0.1, -0.05) is 13.8 Å². The molecule has 0 saturated heterocycles. The van der Waals surface area contributed by atoms with Crippen molar-refractivity contribution < 1.29 is 4.79 Å². The summed E-state index contributed by atoms with van der Waals surface area (Å²) in [5.41, 5.74) is 0.394. The summed E-state index contributed by atoms with van der Waals surface area (Å²) >= 11 is 0. The first-order valence-corrected chi connectivity index (χ1v) is 6.35. The number of hydrogen-bond acceptors (Lipinski definition) is 4. The molecule has 0 aliphatic heterocycles. The van der Waals surface area contributed by atoms with Crippen molar-refractivity contribution in [3.63, 3.8) is 0 Å². The molecule has 5 nitrogen and oxygen atoms in total. The third-order valence-electron chi connectivity index (χ3n) is 2.35. The number of rotatable bonds is 6. The molecule has 0 bridgehead atoms. The van der Waals surface area contributed by atoms with Gasteiger partial charge < -0.3 is 10.6 Å². The zero-order valence-electron chi connectivity index (χ0n) is 11.5. The fourth-order valence-electron chi connectivity index (χ4n) is 1.40. The maximum Gasteiger partial charge on any atom is 0.270 e. The van der Waals surface area contributed by atoms with Crippen LogP contribution in [0.2, 0.25) is 0 Å². The summed E-state index contributed by atoms with van der Waals surface area (Å²) < 4.78 is 0. The lowest BCUT2D eigenvalue weighted by Crippen LogP contribution is -2.30. The molecule has 1 rings (SSSR count). The molecule has 100 valence electrons. The smallest absolute Gasteiger partial charge is 0.270 e. The van der Waals surface area contributed by atoms with Gasteiger partial charge in [0.15, 0.2) is 0 Å². The van der Waals surface area contributed by atoms with E-state index in [1.165, 1.54) is 6.33 Å². The van der Waals surface area contributed by atoms with Crippen molar-refractivity contribution in [2.75, 3.05) is 11.9 Å². The van der Waals surface area contributed by atoms with Crippen molar-refractivity contribution in [3.05, 3.63) is 18.1 Å². The third kappa shape index (κ3) is 5.12. The van der Waals surface area contributed by atoms with E-state index in [1.807, 2.05) is 13.8 Å². The highest BCUT2D eigenvalue weighted by Crippen LogP contribution is 2.06. The number of amides is 1. The predicted octanol–water partition coefficient (Wildman–Crippen LogP) is 2.07. The van der Waals surface area contributed by atoms with Crippen molar-refractivity contribution in [2.24, 2.45) is 5.92 Å². The summed E-state index contributed by atoms with van der Waals surface area (Å²) in [5, 5.41) is 6.00. The molecule has 0 atom stereocenters. The Hall–Kier alpha value is -1.65. The second-order valence-electron chi connectivity index (χ2n) is 5.03. The predicted molar refractivity (Wildman–Crippen MR) is 72.6 cm³/mol. The van der Waals surface area contributed by atoms with Gasteiger partial charge in [-0.2, -0.15) is 0 Å². The average molecular weight is 250 g/mol. The van der Waals surface area contributed by atoms with Gasteiger partial charge in [-0.05, 0) is 26.2 Å². The maximum absolute atomic E-state index is 11.8. The van der Waals surface area contributed by atoms with Crippen LogP contribution in [0.15, 0.2) is 12.4 Å². The van der Waals surface area contributed by atoms with Crippen molar-refractivity contribution in [1.82, 2.24) is 15.3 Å². The molecule has 0 spiro atoms. The number of anilines is 1. The van der Waals surface area contributed by atoms with Crippen LogP contribution < -0.4 is 10.6 Å². The Kier molecular flexibility index (Phi) is 5.55. The van der Waals surface area contributed by atoms with Crippen LogP contribution in [0, 0.1) is 5.92 Å². The van der Waals surface area contributed by atoms with Crippen molar-refractivity contribution in [2.45, 2.75) is 40.2 Å². The zero-order valence-corrected chi connectivity index (χ0v) is 11.5. The molecule has 2 N–H and O–H groups in total. The molecule has 0 radical (unpaired) electrons. The fourth-order valence-corrected chi connectivity index (χ4v) is 1.40. The molecule has 1 amide bonds. The quantitative estimate of drug-likeness (QED) is 0.811. The SMILES string of the molecule is CC(C)CCNc1cc(C(=O)NC(C)C)ncn1. The molecule has 0 aromatic carbocycles. The third-order valence-corrected chi connectivity index (χ3v) is 2.35. The van der Waals surface area contributed by atoms with Gasteiger partial charge in [-0.3, -0.25) is 4.79 Å². The standard InChI is InChI=1S/C13H22N4O/c1-9(2)5-6-14-12-7-11(15-8-16-12)13(18)17-10(3)4/h7-10H,5-6H2,1-4H3,(H,17,18)(H,14,15,16). The van der Waals surface area contributed by atoms with Gasteiger partial charge in [0.05, 0.1) is 0 Å². The van der Waals surface area contributed by atoms with E-state index in [0.29, 0.717) is 17.4 Å². The highest BCUT2D eigenvalue weighted by atomic mass is 16.1. The Morgan fingerprint density at radius 1 is 1.28 bits per heavy atom. The monoisotopic (exact) mass is 250 g/mol. The van der Waals surface area contributed by atoms with Crippen LogP contribution in [0.5, 0.6) is 0 Å². The normalized spacial score (nSPS) is 10.8. The van der Waals surface area contributed by atoms with Gasteiger partial charge in [0.2, 0.25) is 0 Å². The fraction of sp³-hybridized carbons (Fsp3) is 0.615. The number of carbonyl (C=O) groups excluding carboxylic acids is 1. The van der Waals surface area contributed by atoms with Gasteiger partial charge in [0.1, 0.15) is 17.8 Å².